The Hall–Kier alpha value is -0.410. The first kappa shape index (κ1) is 8.20. The molecule has 1 aliphatic heterocycles. The van der Waals surface area contributed by atoms with Gasteiger partial charge in [0.2, 0.25) is 0 Å². The molecule has 1 aliphatic carbocycles. The van der Waals surface area contributed by atoms with E-state index in [1.165, 1.54) is 12.8 Å². The lowest BCUT2D eigenvalue weighted by Gasteiger charge is -2.29. The van der Waals surface area contributed by atoms with E-state index in [2.05, 4.69) is 0 Å². The molecule has 0 N–H and O–H groups in total. The van der Waals surface area contributed by atoms with Gasteiger partial charge < -0.3 is 4.84 Å². The number of hydrogen-bond donors (Lipinski definition) is 0. The van der Waals surface area contributed by atoms with Crippen LogP contribution in [0.15, 0.2) is 0 Å². The van der Waals surface area contributed by atoms with Crippen LogP contribution >= 0.6 is 0 Å². The van der Waals surface area contributed by atoms with Gasteiger partial charge >= 0.3 is 0 Å². The van der Waals surface area contributed by atoms with Crippen molar-refractivity contribution in [3.05, 3.63) is 0 Å². The summed E-state index contributed by atoms with van der Waals surface area (Å²) < 4.78 is 0. The predicted molar refractivity (Wildman–Crippen MR) is 44.4 cm³/mol. The van der Waals surface area contributed by atoms with E-state index < -0.39 is 0 Å². The zero-order valence-electron chi connectivity index (χ0n) is 7.45. The Kier molecular flexibility index (Phi) is 2.15. The molecule has 2 rings (SSSR count). The number of nitrogens with zero attached hydrogens (tertiary/aromatic N) is 1. The van der Waals surface area contributed by atoms with E-state index >= 15 is 0 Å². The SMILES string of the molecule is CON1CCC(=O)C(C2CC2)C1. The van der Waals surface area contributed by atoms with Crippen LogP contribution in [-0.4, -0.2) is 31.0 Å². The van der Waals surface area contributed by atoms with Crippen molar-refractivity contribution in [2.45, 2.75) is 19.3 Å². The third kappa shape index (κ3) is 1.52. The number of ketones is 1. The first-order valence-electron chi connectivity index (χ1n) is 4.63. The summed E-state index contributed by atoms with van der Waals surface area (Å²) in [6, 6.07) is 0. The highest BCUT2D eigenvalue weighted by Crippen LogP contribution is 2.39. The molecule has 0 bridgehead atoms. The average molecular weight is 169 g/mol. The summed E-state index contributed by atoms with van der Waals surface area (Å²) in [5.41, 5.74) is 0. The molecule has 1 atom stereocenters. The van der Waals surface area contributed by atoms with E-state index in [0.717, 1.165) is 13.1 Å². The molecule has 2 aliphatic rings. The lowest BCUT2D eigenvalue weighted by atomic mass is 9.93. The minimum absolute atomic E-state index is 0.277. The number of Topliss-reactive ketones (excluding diaryl/α,β-unsaturated/α-hetero) is 1. The number of carbonyl (C=O) groups excluding carboxylic acids is 1. The van der Waals surface area contributed by atoms with Gasteiger partial charge in [0.1, 0.15) is 5.78 Å². The molecule has 1 unspecified atom stereocenters. The van der Waals surface area contributed by atoms with Crippen molar-refractivity contribution < 1.29 is 9.63 Å². The van der Waals surface area contributed by atoms with E-state index in [1.807, 2.05) is 5.06 Å². The zero-order valence-corrected chi connectivity index (χ0v) is 7.45. The highest BCUT2D eigenvalue weighted by atomic mass is 16.7. The normalized spacial score (nSPS) is 32.4. The van der Waals surface area contributed by atoms with Crippen LogP contribution in [0.4, 0.5) is 0 Å². The quantitative estimate of drug-likeness (QED) is 0.613. The number of piperidine rings is 1. The lowest BCUT2D eigenvalue weighted by Crippen LogP contribution is -2.40. The van der Waals surface area contributed by atoms with Crippen LogP contribution in [0.25, 0.3) is 0 Å². The zero-order chi connectivity index (χ0) is 8.55. The van der Waals surface area contributed by atoms with E-state index in [0.29, 0.717) is 18.1 Å². The summed E-state index contributed by atoms with van der Waals surface area (Å²) in [5, 5.41) is 1.91. The smallest absolute Gasteiger partial charge is 0.138 e. The van der Waals surface area contributed by atoms with Gasteiger partial charge in [-0.1, -0.05) is 0 Å². The van der Waals surface area contributed by atoms with E-state index in [1.54, 1.807) is 7.11 Å². The molecular formula is C9H15NO2. The summed E-state index contributed by atoms with van der Waals surface area (Å²) in [6.07, 6.45) is 3.16. The molecule has 12 heavy (non-hydrogen) atoms. The minimum Gasteiger partial charge on any atom is -0.302 e. The fraction of sp³-hybridized carbons (Fsp3) is 0.889. The Bertz CT molecular complexity index is 189. The monoisotopic (exact) mass is 169 g/mol. The van der Waals surface area contributed by atoms with Gasteiger partial charge in [-0.25, -0.2) is 0 Å². The van der Waals surface area contributed by atoms with Crippen molar-refractivity contribution in [1.82, 2.24) is 5.06 Å². The minimum atomic E-state index is 0.277. The first-order valence-corrected chi connectivity index (χ1v) is 4.63. The molecule has 1 heterocycles. The summed E-state index contributed by atoms with van der Waals surface area (Å²) >= 11 is 0. The molecule has 2 fully saturated rings. The van der Waals surface area contributed by atoms with Gasteiger partial charge in [-0.15, -0.1) is 0 Å². The van der Waals surface area contributed by atoms with Gasteiger partial charge in [-0.2, -0.15) is 5.06 Å². The molecule has 3 nitrogen and oxygen atoms in total. The maximum Gasteiger partial charge on any atom is 0.138 e. The molecule has 1 saturated heterocycles. The van der Waals surface area contributed by atoms with Crippen LogP contribution in [0, 0.1) is 11.8 Å². The maximum atomic E-state index is 11.5. The van der Waals surface area contributed by atoms with Crippen molar-refractivity contribution in [3.8, 4) is 0 Å². The Morgan fingerprint density at radius 3 is 2.83 bits per heavy atom. The largest absolute Gasteiger partial charge is 0.302 e. The molecule has 0 aromatic carbocycles. The molecule has 1 saturated carbocycles. The van der Waals surface area contributed by atoms with Crippen LogP contribution in [-0.2, 0) is 9.63 Å². The Morgan fingerprint density at radius 2 is 2.25 bits per heavy atom. The average Bonchev–Trinajstić information content (AvgIpc) is 2.88. The predicted octanol–water partition coefficient (Wildman–Crippen LogP) is 0.849. The number of rotatable bonds is 2. The van der Waals surface area contributed by atoms with E-state index in [9.17, 15) is 4.79 Å². The molecule has 0 radical (unpaired) electrons. The highest BCUT2D eigenvalue weighted by Gasteiger charge is 2.39. The Labute approximate surface area is 72.6 Å². The van der Waals surface area contributed by atoms with Gasteiger partial charge in [0.25, 0.3) is 0 Å². The van der Waals surface area contributed by atoms with E-state index in [-0.39, 0.29) is 5.92 Å². The van der Waals surface area contributed by atoms with Crippen molar-refractivity contribution in [2.24, 2.45) is 11.8 Å². The summed E-state index contributed by atoms with van der Waals surface area (Å²) in [6.45, 7) is 1.60. The molecule has 0 spiro atoms. The molecule has 3 heteroatoms. The van der Waals surface area contributed by atoms with Crippen molar-refractivity contribution >= 4 is 5.78 Å². The van der Waals surface area contributed by atoms with Crippen molar-refractivity contribution in [2.75, 3.05) is 20.2 Å². The summed E-state index contributed by atoms with van der Waals surface area (Å²) in [4.78, 5) is 16.6. The lowest BCUT2D eigenvalue weighted by molar-refractivity contribution is -0.165. The molecule has 0 aromatic heterocycles. The first-order chi connectivity index (χ1) is 5.81. The molecular weight excluding hydrogens is 154 g/mol. The number of hydroxylamine groups is 2. The second-order valence-corrected chi connectivity index (χ2v) is 3.73. The number of hydrogen-bond acceptors (Lipinski definition) is 3. The third-order valence-corrected chi connectivity index (χ3v) is 2.87. The van der Waals surface area contributed by atoms with Crippen LogP contribution < -0.4 is 0 Å². The van der Waals surface area contributed by atoms with Crippen molar-refractivity contribution in [1.29, 1.82) is 0 Å². The van der Waals surface area contributed by atoms with Gasteiger partial charge in [0.15, 0.2) is 0 Å². The Balaban J connectivity index is 1.94. The fourth-order valence-corrected chi connectivity index (χ4v) is 1.91. The third-order valence-electron chi connectivity index (χ3n) is 2.87. The topological polar surface area (TPSA) is 29.5 Å². The maximum absolute atomic E-state index is 11.5. The second kappa shape index (κ2) is 3.15. The summed E-state index contributed by atoms with van der Waals surface area (Å²) in [5.74, 6) is 1.40. The highest BCUT2D eigenvalue weighted by molar-refractivity contribution is 5.82. The number of carbonyl (C=O) groups is 1. The van der Waals surface area contributed by atoms with Gasteiger partial charge in [-0.05, 0) is 18.8 Å². The van der Waals surface area contributed by atoms with E-state index in [4.69, 9.17) is 4.84 Å². The van der Waals surface area contributed by atoms with Gasteiger partial charge in [-0.3, -0.25) is 4.79 Å². The van der Waals surface area contributed by atoms with Gasteiger partial charge in [0, 0.05) is 25.4 Å². The second-order valence-electron chi connectivity index (χ2n) is 3.73. The standard InChI is InChI=1S/C9H15NO2/c1-12-10-5-4-9(11)8(6-10)7-2-3-7/h7-8H,2-6H2,1H3. The van der Waals surface area contributed by atoms with Crippen LogP contribution in [0.3, 0.4) is 0 Å². The molecule has 68 valence electrons. The van der Waals surface area contributed by atoms with Crippen LogP contribution in [0.5, 0.6) is 0 Å². The van der Waals surface area contributed by atoms with Crippen molar-refractivity contribution in [3.63, 3.8) is 0 Å². The van der Waals surface area contributed by atoms with Crippen LogP contribution in [0.1, 0.15) is 19.3 Å². The van der Waals surface area contributed by atoms with Gasteiger partial charge in [0.05, 0.1) is 7.11 Å². The summed E-state index contributed by atoms with van der Waals surface area (Å²) in [7, 11) is 1.68. The molecule has 0 amide bonds. The fourth-order valence-electron chi connectivity index (χ4n) is 1.91. The Morgan fingerprint density at radius 1 is 1.50 bits per heavy atom. The molecule has 0 aromatic rings. The van der Waals surface area contributed by atoms with Crippen LogP contribution in [0.2, 0.25) is 0 Å².